The molecule has 1 saturated heterocycles. The maximum atomic E-state index is 8.88. The molecule has 0 amide bonds. The maximum absolute atomic E-state index is 8.88. The van der Waals surface area contributed by atoms with E-state index in [9.17, 15) is 0 Å². The van der Waals surface area contributed by atoms with Crippen LogP contribution in [0.4, 0.5) is 5.69 Å². The van der Waals surface area contributed by atoms with E-state index in [1.807, 2.05) is 0 Å². The molecular formula is C14H23N5O. The van der Waals surface area contributed by atoms with Crippen molar-refractivity contribution in [3.05, 3.63) is 24.0 Å². The van der Waals surface area contributed by atoms with Crippen LogP contribution in [-0.2, 0) is 0 Å². The van der Waals surface area contributed by atoms with Crippen LogP contribution in [0, 0.1) is 0 Å². The standard InChI is InChI=1S/C14H23N5O/c1-14(2,3)19-8-6-18(7-9-19)12-10-16-5-4-11(12)13(15)17-20/h4-5,10,20H,6-9H2,1-3H3,(H2,15,17). The molecule has 1 aromatic heterocycles. The number of aromatic nitrogens is 1. The molecule has 6 nitrogen and oxygen atoms in total. The minimum absolute atomic E-state index is 0.126. The van der Waals surface area contributed by atoms with Crippen molar-refractivity contribution in [2.45, 2.75) is 26.3 Å². The van der Waals surface area contributed by atoms with Crippen molar-refractivity contribution in [1.29, 1.82) is 0 Å². The summed E-state index contributed by atoms with van der Waals surface area (Å²) in [7, 11) is 0. The summed E-state index contributed by atoms with van der Waals surface area (Å²) in [6.45, 7) is 10.5. The van der Waals surface area contributed by atoms with Gasteiger partial charge < -0.3 is 15.8 Å². The Morgan fingerprint density at radius 2 is 1.95 bits per heavy atom. The summed E-state index contributed by atoms with van der Waals surface area (Å²) in [5.41, 5.74) is 7.58. The van der Waals surface area contributed by atoms with Crippen molar-refractivity contribution in [3.8, 4) is 0 Å². The zero-order valence-corrected chi connectivity index (χ0v) is 12.4. The number of hydrogen-bond donors (Lipinski definition) is 2. The second-order valence-corrected chi connectivity index (χ2v) is 6.02. The normalized spacial score (nSPS) is 18.4. The lowest BCUT2D eigenvalue weighted by Crippen LogP contribution is -2.53. The van der Waals surface area contributed by atoms with E-state index in [0.717, 1.165) is 37.4 Å². The molecule has 110 valence electrons. The third kappa shape index (κ3) is 3.01. The highest BCUT2D eigenvalue weighted by atomic mass is 16.4. The van der Waals surface area contributed by atoms with Gasteiger partial charge in [-0.15, -0.1) is 0 Å². The first-order valence-corrected chi connectivity index (χ1v) is 6.85. The van der Waals surface area contributed by atoms with Gasteiger partial charge in [-0.1, -0.05) is 5.16 Å². The number of nitrogens with two attached hydrogens (primary N) is 1. The molecule has 0 bridgehead atoms. The minimum atomic E-state index is 0.126. The molecule has 1 aliphatic rings. The fourth-order valence-electron chi connectivity index (χ4n) is 2.53. The number of nitrogens with zero attached hydrogens (tertiary/aromatic N) is 4. The summed E-state index contributed by atoms with van der Waals surface area (Å²) in [6, 6.07) is 1.78. The Morgan fingerprint density at radius 3 is 2.50 bits per heavy atom. The van der Waals surface area contributed by atoms with Gasteiger partial charge in [-0.3, -0.25) is 9.88 Å². The lowest BCUT2D eigenvalue weighted by atomic mass is 10.0. The van der Waals surface area contributed by atoms with Gasteiger partial charge >= 0.3 is 0 Å². The van der Waals surface area contributed by atoms with Gasteiger partial charge in [-0.05, 0) is 26.8 Å². The van der Waals surface area contributed by atoms with E-state index in [0.29, 0.717) is 0 Å². The molecule has 3 N–H and O–H groups in total. The zero-order chi connectivity index (χ0) is 14.8. The summed E-state index contributed by atoms with van der Waals surface area (Å²) in [4.78, 5) is 8.86. The van der Waals surface area contributed by atoms with Gasteiger partial charge in [0.25, 0.3) is 0 Å². The van der Waals surface area contributed by atoms with Crippen LogP contribution < -0.4 is 10.6 Å². The number of rotatable bonds is 2. The molecule has 20 heavy (non-hydrogen) atoms. The SMILES string of the molecule is CC(C)(C)N1CCN(c2cnccc2/C(N)=N/O)CC1. The molecule has 1 aliphatic heterocycles. The molecule has 0 spiro atoms. The summed E-state index contributed by atoms with van der Waals surface area (Å²) in [5.74, 6) is 0.126. The number of oxime groups is 1. The predicted molar refractivity (Wildman–Crippen MR) is 80.3 cm³/mol. The number of pyridine rings is 1. The van der Waals surface area contributed by atoms with E-state index in [1.54, 1.807) is 18.5 Å². The molecule has 1 aromatic rings. The van der Waals surface area contributed by atoms with Crippen molar-refractivity contribution in [2.75, 3.05) is 31.1 Å². The van der Waals surface area contributed by atoms with Crippen molar-refractivity contribution >= 4 is 11.5 Å². The van der Waals surface area contributed by atoms with Crippen LogP contribution in [0.3, 0.4) is 0 Å². The summed E-state index contributed by atoms with van der Waals surface area (Å²) >= 11 is 0. The molecule has 2 rings (SSSR count). The third-order valence-corrected chi connectivity index (χ3v) is 3.75. The van der Waals surface area contributed by atoms with E-state index < -0.39 is 0 Å². The van der Waals surface area contributed by atoms with Gasteiger partial charge in [-0.25, -0.2) is 0 Å². The molecule has 0 unspecified atom stereocenters. The van der Waals surface area contributed by atoms with Gasteiger partial charge in [0.1, 0.15) is 0 Å². The number of piperazine rings is 1. The van der Waals surface area contributed by atoms with Gasteiger partial charge in [0.15, 0.2) is 5.84 Å². The highest BCUT2D eigenvalue weighted by Crippen LogP contribution is 2.23. The first kappa shape index (κ1) is 14.6. The number of hydrogen-bond acceptors (Lipinski definition) is 5. The molecular weight excluding hydrogens is 254 g/mol. The van der Waals surface area contributed by atoms with Crippen LogP contribution in [0.15, 0.2) is 23.6 Å². The predicted octanol–water partition coefficient (Wildman–Crippen LogP) is 1.10. The Kier molecular flexibility index (Phi) is 4.13. The molecule has 2 heterocycles. The Morgan fingerprint density at radius 1 is 1.30 bits per heavy atom. The summed E-state index contributed by atoms with van der Waals surface area (Å²) in [6.07, 6.45) is 3.43. The molecule has 6 heteroatoms. The second kappa shape index (κ2) is 5.66. The van der Waals surface area contributed by atoms with Crippen molar-refractivity contribution in [3.63, 3.8) is 0 Å². The van der Waals surface area contributed by atoms with E-state index in [2.05, 4.69) is 40.7 Å². The first-order valence-electron chi connectivity index (χ1n) is 6.85. The highest BCUT2D eigenvalue weighted by molar-refractivity contribution is 6.02. The lowest BCUT2D eigenvalue weighted by Gasteiger charge is -2.43. The Labute approximate surface area is 119 Å². The average molecular weight is 277 g/mol. The smallest absolute Gasteiger partial charge is 0.172 e. The average Bonchev–Trinajstić information content (AvgIpc) is 2.45. The van der Waals surface area contributed by atoms with E-state index in [1.165, 1.54) is 0 Å². The summed E-state index contributed by atoms with van der Waals surface area (Å²) in [5, 5.41) is 12.0. The summed E-state index contributed by atoms with van der Waals surface area (Å²) < 4.78 is 0. The zero-order valence-electron chi connectivity index (χ0n) is 12.4. The minimum Gasteiger partial charge on any atom is -0.409 e. The van der Waals surface area contributed by atoms with Crippen molar-refractivity contribution < 1.29 is 5.21 Å². The first-order chi connectivity index (χ1) is 9.43. The van der Waals surface area contributed by atoms with Gasteiger partial charge in [0.2, 0.25) is 0 Å². The van der Waals surface area contributed by atoms with E-state index in [4.69, 9.17) is 10.9 Å². The van der Waals surface area contributed by atoms with Crippen molar-refractivity contribution in [2.24, 2.45) is 10.9 Å². The number of anilines is 1. The van der Waals surface area contributed by atoms with Crippen LogP contribution in [0.2, 0.25) is 0 Å². The Balaban J connectivity index is 2.15. The second-order valence-electron chi connectivity index (χ2n) is 6.02. The number of amidine groups is 1. The molecule has 0 saturated carbocycles. The quantitative estimate of drug-likeness (QED) is 0.366. The topological polar surface area (TPSA) is 78.0 Å². The molecule has 0 radical (unpaired) electrons. The van der Waals surface area contributed by atoms with Crippen molar-refractivity contribution in [1.82, 2.24) is 9.88 Å². The Bertz CT molecular complexity index is 487. The Hall–Kier alpha value is -1.82. The fourth-order valence-corrected chi connectivity index (χ4v) is 2.53. The van der Waals surface area contributed by atoms with Crippen LogP contribution in [-0.4, -0.2) is 52.6 Å². The van der Waals surface area contributed by atoms with Crippen LogP contribution in [0.25, 0.3) is 0 Å². The van der Waals surface area contributed by atoms with Crippen LogP contribution >= 0.6 is 0 Å². The fraction of sp³-hybridized carbons (Fsp3) is 0.571. The van der Waals surface area contributed by atoms with Gasteiger partial charge in [0, 0.05) is 43.5 Å². The van der Waals surface area contributed by atoms with Crippen LogP contribution in [0.1, 0.15) is 26.3 Å². The highest BCUT2D eigenvalue weighted by Gasteiger charge is 2.27. The molecule has 0 aromatic carbocycles. The molecule has 0 atom stereocenters. The molecule has 0 aliphatic carbocycles. The maximum Gasteiger partial charge on any atom is 0.172 e. The van der Waals surface area contributed by atoms with E-state index >= 15 is 0 Å². The third-order valence-electron chi connectivity index (χ3n) is 3.75. The molecule has 1 fully saturated rings. The largest absolute Gasteiger partial charge is 0.409 e. The monoisotopic (exact) mass is 277 g/mol. The lowest BCUT2D eigenvalue weighted by molar-refractivity contribution is 0.128. The van der Waals surface area contributed by atoms with Gasteiger partial charge in [-0.2, -0.15) is 0 Å². The van der Waals surface area contributed by atoms with Gasteiger partial charge in [0.05, 0.1) is 11.9 Å². The van der Waals surface area contributed by atoms with Crippen LogP contribution in [0.5, 0.6) is 0 Å². The van der Waals surface area contributed by atoms with E-state index in [-0.39, 0.29) is 11.4 Å².